The van der Waals surface area contributed by atoms with Crippen molar-refractivity contribution in [2.24, 2.45) is 17.1 Å². The van der Waals surface area contributed by atoms with Crippen LogP contribution in [0.25, 0.3) is 0 Å². The van der Waals surface area contributed by atoms with Gasteiger partial charge in [0.25, 0.3) is 0 Å². The van der Waals surface area contributed by atoms with Crippen molar-refractivity contribution in [3.05, 3.63) is 0 Å². The summed E-state index contributed by atoms with van der Waals surface area (Å²) >= 11 is 0. The zero-order chi connectivity index (χ0) is 12.8. The molecule has 0 aliphatic heterocycles. The number of carbonyl (C=O) groups is 1. The Balaban J connectivity index is 4.16. The normalized spacial score (nSPS) is 14.1. The second kappa shape index (κ2) is 6.86. The molecule has 4 heteroatoms. The Kier molecular flexibility index (Phi) is 6.60. The van der Waals surface area contributed by atoms with Crippen molar-refractivity contribution >= 4 is 5.91 Å². The molecule has 0 aromatic heterocycles. The standard InChI is InChI=1S/C12H26N2O2/c1-9(2)10(6-7-16-5)14-8-12(3,4)11(13)15/h9-10,14H,6-8H2,1-5H3,(H2,13,15). The molecule has 3 N–H and O–H groups in total. The van der Waals surface area contributed by atoms with Crippen molar-refractivity contribution < 1.29 is 9.53 Å². The summed E-state index contributed by atoms with van der Waals surface area (Å²) in [7, 11) is 1.70. The highest BCUT2D eigenvalue weighted by Crippen LogP contribution is 2.14. The first-order chi connectivity index (χ1) is 7.31. The number of hydrogen-bond acceptors (Lipinski definition) is 3. The first-order valence-corrected chi connectivity index (χ1v) is 5.83. The lowest BCUT2D eigenvalue weighted by atomic mass is 9.91. The Hall–Kier alpha value is -0.610. The number of rotatable bonds is 8. The van der Waals surface area contributed by atoms with Gasteiger partial charge < -0.3 is 15.8 Å². The quantitative estimate of drug-likeness (QED) is 0.657. The molecule has 0 rings (SSSR count). The molecule has 0 saturated carbocycles. The molecule has 0 aliphatic carbocycles. The predicted octanol–water partition coefficient (Wildman–Crippen LogP) is 1.15. The van der Waals surface area contributed by atoms with Crippen LogP contribution in [0.1, 0.15) is 34.1 Å². The Bertz CT molecular complexity index is 215. The van der Waals surface area contributed by atoms with Crippen LogP contribution >= 0.6 is 0 Å². The maximum absolute atomic E-state index is 11.2. The zero-order valence-electron chi connectivity index (χ0n) is 11.2. The van der Waals surface area contributed by atoms with Crippen LogP contribution in [0.3, 0.4) is 0 Å². The summed E-state index contributed by atoms with van der Waals surface area (Å²) in [5.41, 5.74) is 4.83. The zero-order valence-corrected chi connectivity index (χ0v) is 11.2. The summed E-state index contributed by atoms with van der Waals surface area (Å²) in [6.45, 7) is 9.36. The van der Waals surface area contributed by atoms with E-state index in [1.807, 2.05) is 13.8 Å². The number of methoxy groups -OCH3 is 1. The summed E-state index contributed by atoms with van der Waals surface area (Å²) in [5, 5.41) is 3.39. The van der Waals surface area contributed by atoms with Gasteiger partial charge in [-0.15, -0.1) is 0 Å². The summed E-state index contributed by atoms with van der Waals surface area (Å²) in [4.78, 5) is 11.2. The molecule has 96 valence electrons. The van der Waals surface area contributed by atoms with Gasteiger partial charge in [-0.2, -0.15) is 0 Å². The van der Waals surface area contributed by atoms with Crippen LogP contribution in [0.5, 0.6) is 0 Å². The number of carbonyl (C=O) groups excluding carboxylic acids is 1. The van der Waals surface area contributed by atoms with E-state index in [1.54, 1.807) is 7.11 Å². The number of amides is 1. The molecular weight excluding hydrogens is 204 g/mol. The third-order valence-corrected chi connectivity index (χ3v) is 2.91. The maximum Gasteiger partial charge on any atom is 0.224 e. The van der Waals surface area contributed by atoms with E-state index in [9.17, 15) is 4.79 Å². The van der Waals surface area contributed by atoms with Crippen LogP contribution in [0.4, 0.5) is 0 Å². The molecule has 0 aromatic rings. The summed E-state index contributed by atoms with van der Waals surface area (Å²) in [6, 6.07) is 0.360. The van der Waals surface area contributed by atoms with Crippen LogP contribution in [0.15, 0.2) is 0 Å². The van der Waals surface area contributed by atoms with E-state index in [1.165, 1.54) is 0 Å². The second-order valence-electron chi connectivity index (χ2n) is 5.26. The lowest BCUT2D eigenvalue weighted by Crippen LogP contribution is -2.45. The number of nitrogens with two attached hydrogens (primary N) is 1. The molecule has 1 amide bonds. The van der Waals surface area contributed by atoms with Gasteiger partial charge in [-0.3, -0.25) is 4.79 Å². The smallest absolute Gasteiger partial charge is 0.224 e. The van der Waals surface area contributed by atoms with E-state index in [2.05, 4.69) is 19.2 Å². The van der Waals surface area contributed by atoms with Crippen LogP contribution in [0, 0.1) is 11.3 Å². The van der Waals surface area contributed by atoms with Gasteiger partial charge in [-0.1, -0.05) is 13.8 Å². The first-order valence-electron chi connectivity index (χ1n) is 5.83. The van der Waals surface area contributed by atoms with Gasteiger partial charge in [-0.25, -0.2) is 0 Å². The first kappa shape index (κ1) is 15.4. The van der Waals surface area contributed by atoms with Gasteiger partial charge in [0.1, 0.15) is 0 Å². The van der Waals surface area contributed by atoms with Crippen molar-refractivity contribution in [1.82, 2.24) is 5.32 Å². The predicted molar refractivity (Wildman–Crippen MR) is 66.1 cm³/mol. The van der Waals surface area contributed by atoms with E-state index in [0.717, 1.165) is 13.0 Å². The second-order valence-corrected chi connectivity index (χ2v) is 5.26. The number of primary amides is 1. The Morgan fingerprint density at radius 1 is 1.44 bits per heavy atom. The molecule has 1 atom stereocenters. The minimum absolute atomic E-state index is 0.269. The monoisotopic (exact) mass is 230 g/mol. The fourth-order valence-electron chi connectivity index (χ4n) is 1.39. The molecule has 16 heavy (non-hydrogen) atoms. The highest BCUT2D eigenvalue weighted by atomic mass is 16.5. The van der Waals surface area contributed by atoms with E-state index < -0.39 is 5.41 Å². The number of nitrogens with one attached hydrogen (secondary N) is 1. The minimum atomic E-state index is -0.500. The molecule has 0 fully saturated rings. The average molecular weight is 230 g/mol. The van der Waals surface area contributed by atoms with Crippen LogP contribution in [0.2, 0.25) is 0 Å². The van der Waals surface area contributed by atoms with Crippen molar-refractivity contribution in [2.45, 2.75) is 40.2 Å². The topological polar surface area (TPSA) is 64.3 Å². The molecule has 0 radical (unpaired) electrons. The average Bonchev–Trinajstić information content (AvgIpc) is 2.16. The largest absolute Gasteiger partial charge is 0.385 e. The minimum Gasteiger partial charge on any atom is -0.385 e. The number of ether oxygens (including phenoxy) is 1. The van der Waals surface area contributed by atoms with Crippen molar-refractivity contribution in [3.8, 4) is 0 Å². The Labute approximate surface area is 98.9 Å². The lowest BCUT2D eigenvalue weighted by Gasteiger charge is -2.28. The van der Waals surface area contributed by atoms with Crippen molar-refractivity contribution in [3.63, 3.8) is 0 Å². The lowest BCUT2D eigenvalue weighted by molar-refractivity contribution is -0.125. The fraction of sp³-hybridized carbons (Fsp3) is 0.917. The van der Waals surface area contributed by atoms with Gasteiger partial charge in [0.15, 0.2) is 0 Å². The van der Waals surface area contributed by atoms with Gasteiger partial charge >= 0.3 is 0 Å². The summed E-state index contributed by atoms with van der Waals surface area (Å²) in [5.74, 6) is 0.244. The molecule has 0 heterocycles. The van der Waals surface area contributed by atoms with E-state index >= 15 is 0 Å². The Morgan fingerprint density at radius 3 is 2.38 bits per heavy atom. The molecule has 0 aromatic carbocycles. The molecule has 0 saturated heterocycles. The molecule has 0 bridgehead atoms. The van der Waals surface area contributed by atoms with Crippen molar-refractivity contribution in [2.75, 3.05) is 20.3 Å². The fourth-order valence-corrected chi connectivity index (χ4v) is 1.39. The van der Waals surface area contributed by atoms with E-state index in [-0.39, 0.29) is 5.91 Å². The van der Waals surface area contributed by atoms with E-state index in [0.29, 0.717) is 18.5 Å². The molecule has 4 nitrogen and oxygen atoms in total. The SMILES string of the molecule is COCCC(NCC(C)(C)C(N)=O)C(C)C. The van der Waals surface area contributed by atoms with E-state index in [4.69, 9.17) is 10.5 Å². The molecule has 0 aliphatic rings. The highest BCUT2D eigenvalue weighted by Gasteiger charge is 2.26. The Morgan fingerprint density at radius 2 is 2.00 bits per heavy atom. The molecule has 0 spiro atoms. The maximum atomic E-state index is 11.2. The summed E-state index contributed by atoms with van der Waals surface area (Å²) in [6.07, 6.45) is 0.947. The number of hydrogen-bond donors (Lipinski definition) is 2. The van der Waals surface area contributed by atoms with Gasteiger partial charge in [0.2, 0.25) is 5.91 Å². The molecule has 1 unspecified atom stereocenters. The van der Waals surface area contributed by atoms with Gasteiger partial charge in [0.05, 0.1) is 5.41 Å². The third kappa shape index (κ3) is 5.47. The summed E-state index contributed by atoms with van der Waals surface area (Å²) < 4.78 is 5.07. The highest BCUT2D eigenvalue weighted by molar-refractivity contribution is 5.80. The van der Waals surface area contributed by atoms with Crippen LogP contribution in [-0.4, -0.2) is 32.2 Å². The van der Waals surface area contributed by atoms with Crippen LogP contribution in [-0.2, 0) is 9.53 Å². The third-order valence-electron chi connectivity index (χ3n) is 2.91. The van der Waals surface area contributed by atoms with Gasteiger partial charge in [-0.05, 0) is 26.2 Å². The van der Waals surface area contributed by atoms with Gasteiger partial charge in [0, 0.05) is 26.3 Å². The van der Waals surface area contributed by atoms with Crippen LogP contribution < -0.4 is 11.1 Å². The van der Waals surface area contributed by atoms with Crippen molar-refractivity contribution in [1.29, 1.82) is 0 Å². The molecular formula is C12H26N2O2.